The number of aryl methyl sites for hydroxylation is 1. The molecule has 0 bridgehead atoms. The summed E-state index contributed by atoms with van der Waals surface area (Å²) in [5, 5.41) is 15.0. The van der Waals surface area contributed by atoms with E-state index in [1.807, 2.05) is 18.2 Å². The van der Waals surface area contributed by atoms with E-state index >= 15 is 0 Å². The van der Waals surface area contributed by atoms with Gasteiger partial charge < -0.3 is 15.7 Å². The number of carbonyl (C=O) groups excluding carboxylic acids is 1. The van der Waals surface area contributed by atoms with Crippen LogP contribution < -0.4 is 10.6 Å². The first-order chi connectivity index (χ1) is 11.2. The van der Waals surface area contributed by atoms with E-state index in [0.29, 0.717) is 5.56 Å². The monoisotopic (exact) mass is 312 g/mol. The van der Waals surface area contributed by atoms with Gasteiger partial charge in [0.15, 0.2) is 0 Å². The minimum Gasteiger partial charge on any atom is -0.394 e. The van der Waals surface area contributed by atoms with Gasteiger partial charge in [-0.1, -0.05) is 30.3 Å². The fourth-order valence-electron chi connectivity index (χ4n) is 2.26. The van der Waals surface area contributed by atoms with Crippen molar-refractivity contribution < 1.29 is 9.90 Å². The summed E-state index contributed by atoms with van der Waals surface area (Å²) in [6.45, 7) is 2.59. The highest BCUT2D eigenvalue weighted by Gasteiger charge is 2.08. The maximum Gasteiger partial charge on any atom is 0.251 e. The molecule has 4 heteroatoms. The lowest BCUT2D eigenvalue weighted by molar-refractivity contribution is 0.0922. The van der Waals surface area contributed by atoms with Crippen molar-refractivity contribution in [1.29, 1.82) is 0 Å². The molecular weight excluding hydrogens is 288 g/mol. The lowest BCUT2D eigenvalue weighted by Crippen LogP contribution is -2.34. The molecule has 23 heavy (non-hydrogen) atoms. The highest BCUT2D eigenvalue weighted by Crippen LogP contribution is 2.10. The van der Waals surface area contributed by atoms with Gasteiger partial charge in [0.1, 0.15) is 0 Å². The van der Waals surface area contributed by atoms with Gasteiger partial charge in [-0.2, -0.15) is 0 Å². The largest absolute Gasteiger partial charge is 0.394 e. The fraction of sp³-hybridized carbons (Fsp3) is 0.316. The third-order valence-electron chi connectivity index (χ3n) is 3.61. The van der Waals surface area contributed by atoms with Crippen LogP contribution in [0.1, 0.15) is 29.3 Å². The van der Waals surface area contributed by atoms with E-state index in [0.717, 1.165) is 25.1 Å². The number of hydrogen-bond acceptors (Lipinski definition) is 3. The second-order valence-corrected chi connectivity index (χ2v) is 5.65. The van der Waals surface area contributed by atoms with Crippen molar-refractivity contribution in [2.24, 2.45) is 0 Å². The quantitative estimate of drug-likeness (QED) is 0.657. The van der Waals surface area contributed by atoms with Crippen LogP contribution in [0.4, 0.5) is 5.69 Å². The summed E-state index contributed by atoms with van der Waals surface area (Å²) in [6.07, 6.45) is 2.10. The van der Waals surface area contributed by atoms with Gasteiger partial charge in [0.2, 0.25) is 0 Å². The van der Waals surface area contributed by atoms with Crippen molar-refractivity contribution >= 4 is 11.6 Å². The molecule has 2 aromatic carbocycles. The first-order valence-electron chi connectivity index (χ1n) is 7.98. The van der Waals surface area contributed by atoms with E-state index in [-0.39, 0.29) is 18.6 Å². The van der Waals surface area contributed by atoms with Crippen molar-refractivity contribution in [1.82, 2.24) is 5.32 Å². The van der Waals surface area contributed by atoms with Gasteiger partial charge in [-0.15, -0.1) is 0 Å². The van der Waals surface area contributed by atoms with Crippen molar-refractivity contribution in [2.75, 3.05) is 18.5 Å². The zero-order valence-electron chi connectivity index (χ0n) is 13.5. The summed E-state index contributed by atoms with van der Waals surface area (Å²) in [4.78, 5) is 11.9. The molecule has 2 rings (SSSR count). The lowest BCUT2D eigenvalue weighted by atomic mass is 10.1. The standard InChI is InChI=1S/C19H24N2O2/c1-15(14-22)21-19(23)17-9-11-18(12-10-17)20-13-5-8-16-6-3-2-4-7-16/h2-4,6-7,9-12,15,20,22H,5,8,13-14H2,1H3,(H,21,23). The van der Waals surface area contributed by atoms with Gasteiger partial charge in [0.05, 0.1) is 6.61 Å². The summed E-state index contributed by atoms with van der Waals surface area (Å²) >= 11 is 0. The average Bonchev–Trinajstić information content (AvgIpc) is 2.60. The van der Waals surface area contributed by atoms with Crippen molar-refractivity contribution in [3.63, 3.8) is 0 Å². The number of aliphatic hydroxyl groups is 1. The minimum atomic E-state index is -0.238. The van der Waals surface area contributed by atoms with Crippen molar-refractivity contribution in [2.45, 2.75) is 25.8 Å². The molecule has 1 atom stereocenters. The Morgan fingerprint density at radius 3 is 2.43 bits per heavy atom. The lowest BCUT2D eigenvalue weighted by Gasteiger charge is -2.11. The van der Waals surface area contributed by atoms with E-state index in [1.54, 1.807) is 19.1 Å². The Morgan fingerprint density at radius 1 is 1.09 bits per heavy atom. The smallest absolute Gasteiger partial charge is 0.251 e. The van der Waals surface area contributed by atoms with Gasteiger partial charge >= 0.3 is 0 Å². The number of hydrogen-bond donors (Lipinski definition) is 3. The molecule has 0 spiro atoms. The first kappa shape index (κ1) is 17.0. The molecule has 0 heterocycles. The highest BCUT2D eigenvalue weighted by atomic mass is 16.3. The molecule has 0 radical (unpaired) electrons. The van der Waals surface area contributed by atoms with Crippen LogP contribution >= 0.6 is 0 Å². The third-order valence-corrected chi connectivity index (χ3v) is 3.61. The van der Waals surface area contributed by atoms with Crippen LogP contribution in [0.2, 0.25) is 0 Å². The summed E-state index contributed by atoms with van der Waals surface area (Å²) in [5.41, 5.74) is 2.95. The molecule has 0 aliphatic carbocycles. The number of rotatable bonds is 8. The van der Waals surface area contributed by atoms with Gasteiger partial charge in [0, 0.05) is 23.8 Å². The Bertz CT molecular complexity index is 597. The van der Waals surface area contributed by atoms with Crippen LogP contribution in [0.15, 0.2) is 54.6 Å². The molecule has 4 nitrogen and oxygen atoms in total. The predicted molar refractivity (Wildman–Crippen MR) is 93.7 cm³/mol. The number of nitrogens with one attached hydrogen (secondary N) is 2. The molecule has 0 aliphatic rings. The number of benzene rings is 2. The topological polar surface area (TPSA) is 61.4 Å². The second kappa shape index (κ2) is 8.96. The second-order valence-electron chi connectivity index (χ2n) is 5.65. The van der Waals surface area contributed by atoms with Gasteiger partial charge in [-0.3, -0.25) is 4.79 Å². The summed E-state index contributed by atoms with van der Waals surface area (Å²) in [7, 11) is 0. The SMILES string of the molecule is CC(CO)NC(=O)c1ccc(NCCCc2ccccc2)cc1. The van der Waals surface area contributed by atoms with Crippen LogP contribution in [-0.2, 0) is 6.42 Å². The number of anilines is 1. The van der Waals surface area contributed by atoms with E-state index in [1.165, 1.54) is 5.56 Å². The molecule has 1 amide bonds. The van der Waals surface area contributed by atoms with Crippen LogP contribution in [0, 0.1) is 0 Å². The Hall–Kier alpha value is -2.33. The molecule has 0 saturated carbocycles. The van der Waals surface area contributed by atoms with Crippen LogP contribution in [-0.4, -0.2) is 30.2 Å². The molecule has 0 aromatic heterocycles. The Kier molecular flexibility index (Phi) is 6.63. The number of aliphatic hydroxyl groups excluding tert-OH is 1. The van der Waals surface area contributed by atoms with Crippen LogP contribution in [0.3, 0.4) is 0 Å². The molecule has 2 aromatic rings. The van der Waals surface area contributed by atoms with E-state index < -0.39 is 0 Å². The Balaban J connectivity index is 1.75. The number of amides is 1. The van der Waals surface area contributed by atoms with Crippen LogP contribution in [0.5, 0.6) is 0 Å². The van der Waals surface area contributed by atoms with Gasteiger partial charge in [-0.05, 0) is 49.6 Å². The zero-order chi connectivity index (χ0) is 16.5. The first-order valence-corrected chi connectivity index (χ1v) is 7.98. The molecule has 0 aliphatic heterocycles. The van der Waals surface area contributed by atoms with Crippen LogP contribution in [0.25, 0.3) is 0 Å². The molecular formula is C19H24N2O2. The Labute approximate surface area is 137 Å². The van der Waals surface area contributed by atoms with E-state index in [2.05, 4.69) is 34.9 Å². The summed E-state index contributed by atoms with van der Waals surface area (Å²) in [6, 6.07) is 17.6. The summed E-state index contributed by atoms with van der Waals surface area (Å²) in [5.74, 6) is -0.165. The highest BCUT2D eigenvalue weighted by molar-refractivity contribution is 5.94. The Morgan fingerprint density at radius 2 is 1.78 bits per heavy atom. The molecule has 1 unspecified atom stereocenters. The normalized spacial score (nSPS) is 11.7. The molecule has 0 fully saturated rings. The van der Waals surface area contributed by atoms with E-state index in [9.17, 15) is 4.79 Å². The fourth-order valence-corrected chi connectivity index (χ4v) is 2.26. The maximum atomic E-state index is 11.9. The minimum absolute atomic E-state index is 0.0627. The molecule has 3 N–H and O–H groups in total. The molecule has 0 saturated heterocycles. The number of carbonyl (C=O) groups is 1. The van der Waals surface area contributed by atoms with Gasteiger partial charge in [-0.25, -0.2) is 0 Å². The maximum absolute atomic E-state index is 11.9. The van der Waals surface area contributed by atoms with Crippen molar-refractivity contribution in [3.05, 3.63) is 65.7 Å². The average molecular weight is 312 g/mol. The van der Waals surface area contributed by atoms with Crippen molar-refractivity contribution in [3.8, 4) is 0 Å². The van der Waals surface area contributed by atoms with Gasteiger partial charge in [0.25, 0.3) is 5.91 Å². The zero-order valence-corrected chi connectivity index (χ0v) is 13.5. The molecule has 122 valence electrons. The predicted octanol–water partition coefficient (Wildman–Crippen LogP) is 2.84. The van der Waals surface area contributed by atoms with E-state index in [4.69, 9.17) is 5.11 Å². The summed E-state index contributed by atoms with van der Waals surface area (Å²) < 4.78 is 0. The third kappa shape index (κ3) is 5.75.